The summed E-state index contributed by atoms with van der Waals surface area (Å²) in [7, 11) is 0. The summed E-state index contributed by atoms with van der Waals surface area (Å²) in [5.41, 5.74) is 5.66. The second kappa shape index (κ2) is 6.71. The molecule has 1 aliphatic heterocycles. The van der Waals surface area contributed by atoms with Gasteiger partial charge in [-0.15, -0.1) is 0 Å². The fraction of sp³-hybridized carbons (Fsp3) is 0.933. The maximum Gasteiger partial charge on any atom is 0.240 e. The van der Waals surface area contributed by atoms with E-state index < -0.39 is 5.54 Å². The van der Waals surface area contributed by atoms with Gasteiger partial charge in [0.25, 0.3) is 0 Å². The van der Waals surface area contributed by atoms with Crippen molar-refractivity contribution in [1.29, 1.82) is 0 Å². The van der Waals surface area contributed by atoms with E-state index in [4.69, 9.17) is 5.73 Å². The highest BCUT2D eigenvalue weighted by molar-refractivity contribution is 5.86. The Hall–Kier alpha value is -0.610. The van der Waals surface area contributed by atoms with Crippen LogP contribution in [0.3, 0.4) is 0 Å². The van der Waals surface area contributed by atoms with E-state index in [0.29, 0.717) is 0 Å². The molecule has 0 bridgehead atoms. The predicted octanol–water partition coefficient (Wildman–Crippen LogP) is 1.64. The highest BCUT2D eigenvalue weighted by Crippen LogP contribution is 2.26. The minimum Gasteiger partial charge on any atom is -0.351 e. The van der Waals surface area contributed by atoms with E-state index in [1.165, 1.54) is 38.8 Å². The van der Waals surface area contributed by atoms with Gasteiger partial charge in [-0.05, 0) is 45.7 Å². The van der Waals surface area contributed by atoms with Gasteiger partial charge in [0.05, 0.1) is 5.54 Å². The van der Waals surface area contributed by atoms with Crippen LogP contribution in [0.25, 0.3) is 0 Å². The minimum atomic E-state index is -0.603. The Morgan fingerprint density at radius 2 is 1.74 bits per heavy atom. The zero-order valence-electron chi connectivity index (χ0n) is 12.3. The van der Waals surface area contributed by atoms with E-state index in [9.17, 15) is 4.79 Å². The second-order valence-corrected chi connectivity index (χ2v) is 6.45. The lowest BCUT2D eigenvalue weighted by Gasteiger charge is -2.34. The van der Waals surface area contributed by atoms with Crippen molar-refractivity contribution in [3.63, 3.8) is 0 Å². The number of carbonyl (C=O) groups is 1. The van der Waals surface area contributed by atoms with Crippen LogP contribution in [-0.4, -0.2) is 42.0 Å². The molecule has 1 heterocycles. The van der Waals surface area contributed by atoms with Crippen LogP contribution in [0.5, 0.6) is 0 Å². The summed E-state index contributed by atoms with van der Waals surface area (Å²) in [6.45, 7) is 5.41. The molecule has 4 nitrogen and oxygen atoms in total. The zero-order valence-corrected chi connectivity index (χ0v) is 12.3. The van der Waals surface area contributed by atoms with Gasteiger partial charge in [-0.1, -0.05) is 25.7 Å². The first-order chi connectivity index (χ1) is 9.10. The molecule has 2 fully saturated rings. The van der Waals surface area contributed by atoms with Crippen LogP contribution in [0.15, 0.2) is 0 Å². The number of piperidine rings is 1. The molecule has 2 rings (SSSR count). The molecule has 110 valence electrons. The van der Waals surface area contributed by atoms with Crippen molar-refractivity contribution in [3.05, 3.63) is 0 Å². The third kappa shape index (κ3) is 4.18. The number of rotatable bonds is 4. The lowest BCUT2D eigenvalue weighted by Crippen LogP contribution is -2.58. The molecule has 0 aromatic heterocycles. The van der Waals surface area contributed by atoms with Crippen LogP contribution in [0, 0.1) is 0 Å². The number of carbonyl (C=O) groups excluding carboxylic acids is 1. The van der Waals surface area contributed by atoms with Crippen molar-refractivity contribution >= 4 is 5.91 Å². The largest absolute Gasteiger partial charge is 0.351 e. The molecule has 0 aromatic carbocycles. The molecule has 1 unspecified atom stereocenters. The molecule has 2 aliphatic rings. The lowest BCUT2D eigenvalue weighted by molar-refractivity contribution is -0.128. The Morgan fingerprint density at radius 3 is 2.37 bits per heavy atom. The van der Waals surface area contributed by atoms with Crippen molar-refractivity contribution in [1.82, 2.24) is 10.2 Å². The monoisotopic (exact) mass is 267 g/mol. The Kier molecular flexibility index (Phi) is 5.22. The van der Waals surface area contributed by atoms with Gasteiger partial charge in [0.1, 0.15) is 0 Å². The zero-order chi connectivity index (χ0) is 13.7. The third-order valence-electron chi connectivity index (χ3n) is 4.56. The number of hydrogen-bond acceptors (Lipinski definition) is 3. The van der Waals surface area contributed by atoms with Gasteiger partial charge >= 0.3 is 0 Å². The molecule has 19 heavy (non-hydrogen) atoms. The van der Waals surface area contributed by atoms with Crippen LogP contribution < -0.4 is 11.1 Å². The molecule has 3 N–H and O–H groups in total. The van der Waals surface area contributed by atoms with Crippen molar-refractivity contribution < 1.29 is 4.79 Å². The molecule has 1 aliphatic carbocycles. The average Bonchev–Trinajstić information content (AvgIpc) is 2.40. The first kappa shape index (κ1) is 14.8. The van der Waals surface area contributed by atoms with Gasteiger partial charge in [-0.3, -0.25) is 4.79 Å². The topological polar surface area (TPSA) is 58.4 Å². The number of nitrogens with zero attached hydrogens (tertiary/aromatic N) is 1. The summed E-state index contributed by atoms with van der Waals surface area (Å²) in [6, 6.07) is 0.202. The van der Waals surface area contributed by atoms with Crippen LogP contribution in [0.1, 0.15) is 58.3 Å². The molecular formula is C15H29N3O. The summed E-state index contributed by atoms with van der Waals surface area (Å²) >= 11 is 0. The highest BCUT2D eigenvalue weighted by atomic mass is 16.2. The van der Waals surface area contributed by atoms with Crippen molar-refractivity contribution in [3.8, 4) is 0 Å². The first-order valence-electron chi connectivity index (χ1n) is 7.92. The molecule has 1 amide bonds. The molecule has 4 heteroatoms. The summed E-state index contributed by atoms with van der Waals surface area (Å²) in [4.78, 5) is 14.8. The molecule has 0 radical (unpaired) electrons. The van der Waals surface area contributed by atoms with Crippen molar-refractivity contribution in [2.75, 3.05) is 19.6 Å². The standard InChI is InChI=1S/C15H29N3O/c1-13(12-18-10-6-3-7-11-18)17-14(19)15(16)8-4-2-5-9-15/h13H,2-12,16H2,1H3,(H,17,19). The Morgan fingerprint density at radius 1 is 1.16 bits per heavy atom. The Bertz CT molecular complexity index is 294. The molecule has 0 aromatic rings. The Labute approximate surface area is 117 Å². The van der Waals surface area contributed by atoms with Gasteiger partial charge in [0.15, 0.2) is 0 Å². The minimum absolute atomic E-state index is 0.0664. The van der Waals surface area contributed by atoms with Gasteiger partial charge in [-0.25, -0.2) is 0 Å². The fourth-order valence-corrected chi connectivity index (χ4v) is 3.35. The number of nitrogens with two attached hydrogens (primary N) is 1. The number of hydrogen-bond donors (Lipinski definition) is 2. The van der Waals surface area contributed by atoms with Gasteiger partial charge in [0.2, 0.25) is 5.91 Å². The normalized spacial score (nSPS) is 25.8. The molecule has 1 atom stereocenters. The first-order valence-corrected chi connectivity index (χ1v) is 7.92. The Balaban J connectivity index is 1.77. The van der Waals surface area contributed by atoms with Crippen LogP contribution >= 0.6 is 0 Å². The summed E-state index contributed by atoms with van der Waals surface area (Å²) in [5, 5.41) is 3.13. The van der Waals surface area contributed by atoms with Crippen LogP contribution in [0.4, 0.5) is 0 Å². The molecule has 1 saturated carbocycles. The number of likely N-dealkylation sites (tertiary alicyclic amines) is 1. The highest BCUT2D eigenvalue weighted by Gasteiger charge is 2.35. The van der Waals surface area contributed by atoms with Gasteiger partial charge in [-0.2, -0.15) is 0 Å². The summed E-state index contributed by atoms with van der Waals surface area (Å²) in [6.07, 6.45) is 9.01. The molecule has 0 spiro atoms. The van der Waals surface area contributed by atoms with E-state index in [1.807, 2.05) is 0 Å². The van der Waals surface area contributed by atoms with Gasteiger partial charge in [0, 0.05) is 12.6 Å². The third-order valence-corrected chi connectivity index (χ3v) is 4.56. The van der Waals surface area contributed by atoms with Crippen LogP contribution in [-0.2, 0) is 4.79 Å². The summed E-state index contributed by atoms with van der Waals surface area (Å²) in [5.74, 6) is 0.0664. The van der Waals surface area contributed by atoms with E-state index in [0.717, 1.165) is 32.2 Å². The lowest BCUT2D eigenvalue weighted by atomic mass is 9.82. The van der Waals surface area contributed by atoms with E-state index in [-0.39, 0.29) is 11.9 Å². The van der Waals surface area contributed by atoms with E-state index >= 15 is 0 Å². The fourth-order valence-electron chi connectivity index (χ4n) is 3.35. The SMILES string of the molecule is CC(CN1CCCCC1)NC(=O)C1(N)CCCCC1. The second-order valence-electron chi connectivity index (χ2n) is 6.45. The maximum atomic E-state index is 12.3. The number of nitrogens with one attached hydrogen (secondary N) is 1. The average molecular weight is 267 g/mol. The smallest absolute Gasteiger partial charge is 0.240 e. The molecule has 1 saturated heterocycles. The van der Waals surface area contributed by atoms with Gasteiger partial charge < -0.3 is 16.0 Å². The van der Waals surface area contributed by atoms with Crippen molar-refractivity contribution in [2.24, 2.45) is 5.73 Å². The quantitative estimate of drug-likeness (QED) is 0.814. The summed E-state index contributed by atoms with van der Waals surface area (Å²) < 4.78 is 0. The van der Waals surface area contributed by atoms with Crippen molar-refractivity contribution in [2.45, 2.75) is 69.9 Å². The molecular weight excluding hydrogens is 238 g/mol. The van der Waals surface area contributed by atoms with E-state index in [2.05, 4.69) is 17.1 Å². The van der Waals surface area contributed by atoms with E-state index in [1.54, 1.807) is 0 Å². The van der Waals surface area contributed by atoms with Crippen LogP contribution in [0.2, 0.25) is 0 Å². The predicted molar refractivity (Wildman–Crippen MR) is 77.9 cm³/mol. The maximum absolute atomic E-state index is 12.3. The number of amides is 1.